The van der Waals surface area contributed by atoms with Crippen LogP contribution in [0.25, 0.3) is 0 Å². The van der Waals surface area contributed by atoms with E-state index < -0.39 is 0 Å². The van der Waals surface area contributed by atoms with Crippen molar-refractivity contribution >= 4 is 5.91 Å². The molecule has 116 valence electrons. The molecule has 0 aliphatic heterocycles. The van der Waals surface area contributed by atoms with E-state index in [1.165, 1.54) is 5.56 Å². The molecular weight excluding hydrogens is 260 g/mol. The number of nitrogens with two attached hydrogens (primary N) is 1. The van der Waals surface area contributed by atoms with Gasteiger partial charge in [0, 0.05) is 23.4 Å². The Morgan fingerprint density at radius 1 is 1.33 bits per heavy atom. The summed E-state index contributed by atoms with van der Waals surface area (Å²) in [5.41, 5.74) is 7.11. The van der Waals surface area contributed by atoms with E-state index in [0.717, 1.165) is 25.7 Å². The molecule has 0 bridgehead atoms. The first-order valence-electron chi connectivity index (χ1n) is 8.06. The summed E-state index contributed by atoms with van der Waals surface area (Å²) < 4.78 is 0. The Hall–Kier alpha value is -1.35. The van der Waals surface area contributed by atoms with Crippen molar-refractivity contribution in [1.29, 1.82) is 0 Å². The summed E-state index contributed by atoms with van der Waals surface area (Å²) in [5, 5.41) is 3.27. The summed E-state index contributed by atoms with van der Waals surface area (Å²) in [6.45, 7) is 6.55. The standard InChI is InChI=1S/C18H28N2O/c1-4-16(18(2,3)14-8-6-5-7-9-14)20-17(21)13-10-11-15(19)12-13/h5-9,13,15-16H,4,10-12,19H2,1-3H3,(H,20,21). The number of hydrogen-bond donors (Lipinski definition) is 2. The van der Waals surface area contributed by atoms with Gasteiger partial charge in [-0.1, -0.05) is 51.1 Å². The van der Waals surface area contributed by atoms with E-state index in [9.17, 15) is 4.79 Å². The number of rotatable bonds is 5. The molecule has 0 heterocycles. The Labute approximate surface area is 128 Å². The van der Waals surface area contributed by atoms with Crippen LogP contribution < -0.4 is 11.1 Å². The van der Waals surface area contributed by atoms with Gasteiger partial charge in [-0.15, -0.1) is 0 Å². The highest BCUT2D eigenvalue weighted by Crippen LogP contribution is 2.30. The van der Waals surface area contributed by atoms with Gasteiger partial charge in [-0.2, -0.15) is 0 Å². The summed E-state index contributed by atoms with van der Waals surface area (Å²) in [7, 11) is 0. The van der Waals surface area contributed by atoms with Gasteiger partial charge in [-0.05, 0) is 31.2 Å². The Kier molecular flexibility index (Phi) is 5.04. The molecule has 1 amide bonds. The molecule has 0 saturated heterocycles. The fourth-order valence-corrected chi connectivity index (χ4v) is 3.41. The van der Waals surface area contributed by atoms with Gasteiger partial charge in [0.15, 0.2) is 0 Å². The van der Waals surface area contributed by atoms with Gasteiger partial charge in [-0.3, -0.25) is 4.79 Å². The van der Waals surface area contributed by atoms with Crippen LogP contribution in [0.15, 0.2) is 30.3 Å². The van der Waals surface area contributed by atoms with E-state index >= 15 is 0 Å². The van der Waals surface area contributed by atoms with E-state index in [2.05, 4.69) is 50.4 Å². The van der Waals surface area contributed by atoms with Gasteiger partial charge in [0.1, 0.15) is 0 Å². The molecule has 3 nitrogen and oxygen atoms in total. The summed E-state index contributed by atoms with van der Waals surface area (Å²) in [4.78, 5) is 12.5. The van der Waals surface area contributed by atoms with Crippen LogP contribution in [0.3, 0.4) is 0 Å². The van der Waals surface area contributed by atoms with E-state index in [0.29, 0.717) is 0 Å². The van der Waals surface area contributed by atoms with Crippen LogP contribution in [0.1, 0.15) is 52.0 Å². The highest BCUT2D eigenvalue weighted by Gasteiger charge is 2.34. The lowest BCUT2D eigenvalue weighted by Crippen LogP contribution is -2.48. The monoisotopic (exact) mass is 288 g/mol. The second-order valence-corrected chi connectivity index (χ2v) is 6.83. The number of carbonyl (C=O) groups excluding carboxylic acids is 1. The van der Waals surface area contributed by atoms with Crippen molar-refractivity contribution in [3.63, 3.8) is 0 Å². The molecule has 3 N–H and O–H groups in total. The van der Waals surface area contributed by atoms with Crippen molar-refractivity contribution in [2.24, 2.45) is 11.7 Å². The quantitative estimate of drug-likeness (QED) is 0.875. The molecule has 3 heteroatoms. The highest BCUT2D eigenvalue weighted by molar-refractivity contribution is 5.79. The zero-order chi connectivity index (χ0) is 15.5. The van der Waals surface area contributed by atoms with E-state index in [4.69, 9.17) is 5.73 Å². The molecule has 21 heavy (non-hydrogen) atoms. The lowest BCUT2D eigenvalue weighted by atomic mass is 9.76. The predicted octanol–water partition coefficient (Wildman–Crippen LogP) is 2.99. The maximum absolute atomic E-state index is 12.5. The number of hydrogen-bond acceptors (Lipinski definition) is 2. The van der Waals surface area contributed by atoms with Crippen molar-refractivity contribution in [2.75, 3.05) is 0 Å². The van der Waals surface area contributed by atoms with Crippen molar-refractivity contribution in [2.45, 2.75) is 64.0 Å². The van der Waals surface area contributed by atoms with Crippen LogP contribution in [0.2, 0.25) is 0 Å². The third-order valence-electron chi connectivity index (χ3n) is 4.96. The average Bonchev–Trinajstić information content (AvgIpc) is 2.92. The van der Waals surface area contributed by atoms with Gasteiger partial charge in [0.2, 0.25) is 5.91 Å². The van der Waals surface area contributed by atoms with Crippen LogP contribution in [0.4, 0.5) is 0 Å². The molecule has 1 aromatic carbocycles. The maximum Gasteiger partial charge on any atom is 0.223 e. The van der Waals surface area contributed by atoms with Crippen molar-refractivity contribution < 1.29 is 4.79 Å². The third-order valence-corrected chi connectivity index (χ3v) is 4.96. The number of nitrogens with one attached hydrogen (secondary N) is 1. The second-order valence-electron chi connectivity index (χ2n) is 6.83. The smallest absolute Gasteiger partial charge is 0.223 e. The highest BCUT2D eigenvalue weighted by atomic mass is 16.2. The van der Waals surface area contributed by atoms with Crippen molar-refractivity contribution in [3.8, 4) is 0 Å². The minimum Gasteiger partial charge on any atom is -0.352 e. The van der Waals surface area contributed by atoms with Gasteiger partial charge in [0.05, 0.1) is 0 Å². The largest absolute Gasteiger partial charge is 0.352 e. The fourth-order valence-electron chi connectivity index (χ4n) is 3.41. The first-order chi connectivity index (χ1) is 9.95. The van der Waals surface area contributed by atoms with Crippen LogP contribution in [-0.4, -0.2) is 18.0 Å². The fraction of sp³-hybridized carbons (Fsp3) is 0.611. The normalized spacial score (nSPS) is 23.8. The van der Waals surface area contributed by atoms with Gasteiger partial charge in [-0.25, -0.2) is 0 Å². The first kappa shape index (κ1) is 16.0. The minimum absolute atomic E-state index is 0.0770. The summed E-state index contributed by atoms with van der Waals surface area (Å²) >= 11 is 0. The SMILES string of the molecule is CCC(NC(=O)C1CCC(N)C1)C(C)(C)c1ccccc1. The predicted molar refractivity (Wildman–Crippen MR) is 87.0 cm³/mol. The molecule has 1 aliphatic carbocycles. The molecule has 1 saturated carbocycles. The van der Waals surface area contributed by atoms with E-state index in [1.54, 1.807) is 0 Å². The minimum atomic E-state index is -0.0770. The Bertz CT molecular complexity index is 469. The Balaban J connectivity index is 2.07. The Morgan fingerprint density at radius 3 is 2.52 bits per heavy atom. The van der Waals surface area contributed by atoms with E-state index in [1.807, 2.05) is 6.07 Å². The summed E-state index contributed by atoms with van der Waals surface area (Å²) in [6, 6.07) is 10.8. The van der Waals surface area contributed by atoms with Crippen molar-refractivity contribution in [1.82, 2.24) is 5.32 Å². The summed E-state index contributed by atoms with van der Waals surface area (Å²) in [6.07, 6.45) is 3.65. The zero-order valence-corrected chi connectivity index (χ0v) is 13.4. The molecular formula is C18H28N2O. The first-order valence-corrected chi connectivity index (χ1v) is 8.06. The van der Waals surface area contributed by atoms with Gasteiger partial charge in [0.25, 0.3) is 0 Å². The third kappa shape index (κ3) is 3.65. The topological polar surface area (TPSA) is 55.1 Å². The average molecular weight is 288 g/mol. The molecule has 1 aliphatic rings. The molecule has 0 aromatic heterocycles. The van der Waals surface area contributed by atoms with Crippen LogP contribution in [0.5, 0.6) is 0 Å². The van der Waals surface area contributed by atoms with Crippen LogP contribution in [0, 0.1) is 5.92 Å². The van der Waals surface area contributed by atoms with E-state index in [-0.39, 0.29) is 29.3 Å². The molecule has 3 unspecified atom stereocenters. The second kappa shape index (κ2) is 6.61. The lowest BCUT2D eigenvalue weighted by Gasteiger charge is -2.35. The molecule has 0 radical (unpaired) electrons. The van der Waals surface area contributed by atoms with Crippen LogP contribution in [-0.2, 0) is 10.2 Å². The van der Waals surface area contributed by atoms with Crippen LogP contribution >= 0.6 is 0 Å². The number of amides is 1. The molecule has 0 spiro atoms. The number of benzene rings is 1. The zero-order valence-electron chi connectivity index (χ0n) is 13.4. The molecule has 3 atom stereocenters. The van der Waals surface area contributed by atoms with Crippen molar-refractivity contribution in [3.05, 3.63) is 35.9 Å². The summed E-state index contributed by atoms with van der Waals surface area (Å²) in [5.74, 6) is 0.277. The number of carbonyl (C=O) groups is 1. The maximum atomic E-state index is 12.5. The molecule has 1 aromatic rings. The lowest BCUT2D eigenvalue weighted by molar-refractivity contribution is -0.126. The van der Waals surface area contributed by atoms with Gasteiger partial charge >= 0.3 is 0 Å². The Morgan fingerprint density at radius 2 is 2.00 bits per heavy atom. The molecule has 2 rings (SSSR count). The van der Waals surface area contributed by atoms with Gasteiger partial charge < -0.3 is 11.1 Å². The molecule has 1 fully saturated rings.